The highest BCUT2D eigenvalue weighted by Crippen LogP contribution is 2.25. The number of fused-ring (bicyclic) bond motifs is 1. The molecule has 0 spiro atoms. The van der Waals surface area contributed by atoms with E-state index < -0.39 is 17.7 Å². The summed E-state index contributed by atoms with van der Waals surface area (Å²) in [5.41, 5.74) is 1.79. The van der Waals surface area contributed by atoms with E-state index in [0.29, 0.717) is 29.9 Å². The number of nitrogens with zero attached hydrogens (tertiary/aromatic N) is 1. The number of rotatable bonds is 3. The SMILES string of the molecule is O=C(Nc1ccc2nc(-c3cc(F)ccc3F)[nH]c2c1)[C@H]1CNCCO1. The number of carbonyl (C=O) groups excluding carboxylic acids is 1. The molecule has 0 bridgehead atoms. The maximum Gasteiger partial charge on any atom is 0.254 e. The third-order valence-electron chi connectivity index (χ3n) is 4.15. The Morgan fingerprint density at radius 2 is 2.12 bits per heavy atom. The second kappa shape index (κ2) is 6.81. The van der Waals surface area contributed by atoms with Crippen LogP contribution in [0, 0.1) is 11.6 Å². The Kier molecular flexibility index (Phi) is 4.36. The van der Waals surface area contributed by atoms with Gasteiger partial charge >= 0.3 is 0 Å². The first-order valence-electron chi connectivity index (χ1n) is 8.18. The first kappa shape index (κ1) is 16.6. The lowest BCUT2D eigenvalue weighted by Gasteiger charge is -2.22. The van der Waals surface area contributed by atoms with Gasteiger partial charge in [-0.1, -0.05) is 0 Å². The van der Waals surface area contributed by atoms with Crippen LogP contribution in [0.2, 0.25) is 0 Å². The summed E-state index contributed by atoms with van der Waals surface area (Å²) >= 11 is 0. The Hall–Kier alpha value is -2.84. The number of benzene rings is 2. The molecule has 1 atom stereocenters. The van der Waals surface area contributed by atoms with Gasteiger partial charge in [0.15, 0.2) is 0 Å². The third-order valence-corrected chi connectivity index (χ3v) is 4.15. The molecule has 1 aromatic heterocycles. The molecule has 1 aliphatic heterocycles. The van der Waals surface area contributed by atoms with Crippen molar-refractivity contribution in [1.82, 2.24) is 15.3 Å². The predicted molar refractivity (Wildman–Crippen MR) is 92.7 cm³/mol. The number of hydrogen-bond donors (Lipinski definition) is 3. The molecule has 6 nitrogen and oxygen atoms in total. The fourth-order valence-corrected chi connectivity index (χ4v) is 2.85. The fourth-order valence-electron chi connectivity index (χ4n) is 2.85. The number of anilines is 1. The van der Waals surface area contributed by atoms with Crippen molar-refractivity contribution < 1.29 is 18.3 Å². The number of H-pyrrole nitrogens is 1. The molecule has 3 N–H and O–H groups in total. The first-order valence-corrected chi connectivity index (χ1v) is 8.18. The molecule has 134 valence electrons. The molecule has 0 aliphatic carbocycles. The lowest BCUT2D eigenvalue weighted by Crippen LogP contribution is -2.45. The van der Waals surface area contributed by atoms with Gasteiger partial charge in [-0.05, 0) is 36.4 Å². The van der Waals surface area contributed by atoms with Crippen molar-refractivity contribution in [2.45, 2.75) is 6.10 Å². The summed E-state index contributed by atoms with van der Waals surface area (Å²) in [7, 11) is 0. The Morgan fingerprint density at radius 3 is 2.92 bits per heavy atom. The van der Waals surface area contributed by atoms with Crippen LogP contribution in [0.1, 0.15) is 0 Å². The van der Waals surface area contributed by atoms with E-state index >= 15 is 0 Å². The quantitative estimate of drug-likeness (QED) is 0.672. The molecule has 1 amide bonds. The molecule has 2 aromatic carbocycles. The largest absolute Gasteiger partial charge is 0.366 e. The zero-order valence-electron chi connectivity index (χ0n) is 13.7. The van der Waals surface area contributed by atoms with Gasteiger partial charge in [-0.3, -0.25) is 4.79 Å². The number of imidazole rings is 1. The number of morpholine rings is 1. The highest BCUT2D eigenvalue weighted by Gasteiger charge is 2.22. The molecule has 4 rings (SSSR count). The molecule has 0 radical (unpaired) electrons. The van der Waals surface area contributed by atoms with Crippen LogP contribution in [-0.4, -0.2) is 41.7 Å². The molecular formula is C18H16F2N4O2. The van der Waals surface area contributed by atoms with Gasteiger partial charge in [0, 0.05) is 18.8 Å². The average molecular weight is 358 g/mol. The minimum atomic E-state index is -0.569. The lowest BCUT2D eigenvalue weighted by atomic mass is 10.2. The van der Waals surface area contributed by atoms with E-state index in [1.54, 1.807) is 18.2 Å². The predicted octanol–water partition coefficient (Wildman–Crippen LogP) is 2.43. The summed E-state index contributed by atoms with van der Waals surface area (Å²) in [5.74, 6) is -1.13. The van der Waals surface area contributed by atoms with Crippen LogP contribution < -0.4 is 10.6 Å². The Morgan fingerprint density at radius 1 is 1.23 bits per heavy atom. The molecule has 2 heterocycles. The molecule has 0 saturated carbocycles. The zero-order valence-corrected chi connectivity index (χ0v) is 13.7. The summed E-state index contributed by atoms with van der Waals surface area (Å²) in [5, 5.41) is 5.88. The van der Waals surface area contributed by atoms with Gasteiger partial charge in [0.1, 0.15) is 23.6 Å². The number of nitrogens with one attached hydrogen (secondary N) is 3. The summed E-state index contributed by atoms with van der Waals surface area (Å²) < 4.78 is 32.8. The van der Waals surface area contributed by atoms with Crippen LogP contribution in [0.5, 0.6) is 0 Å². The summed E-state index contributed by atoms with van der Waals surface area (Å²) in [4.78, 5) is 19.5. The highest BCUT2D eigenvalue weighted by atomic mass is 19.1. The minimum Gasteiger partial charge on any atom is -0.366 e. The van der Waals surface area contributed by atoms with E-state index in [4.69, 9.17) is 4.74 Å². The molecule has 0 unspecified atom stereocenters. The van der Waals surface area contributed by atoms with Crippen molar-refractivity contribution in [2.24, 2.45) is 0 Å². The van der Waals surface area contributed by atoms with Gasteiger partial charge in [0.05, 0.1) is 23.2 Å². The summed E-state index contributed by atoms with van der Waals surface area (Å²) in [6, 6.07) is 8.28. The van der Waals surface area contributed by atoms with Crippen molar-refractivity contribution in [3.63, 3.8) is 0 Å². The van der Waals surface area contributed by atoms with Crippen LogP contribution in [-0.2, 0) is 9.53 Å². The summed E-state index contributed by atoms with van der Waals surface area (Å²) in [6.45, 7) is 1.67. The smallest absolute Gasteiger partial charge is 0.254 e. The van der Waals surface area contributed by atoms with E-state index in [-0.39, 0.29) is 17.3 Å². The molecule has 3 aromatic rings. The van der Waals surface area contributed by atoms with Crippen molar-refractivity contribution in [3.8, 4) is 11.4 Å². The van der Waals surface area contributed by atoms with Crippen LogP contribution >= 0.6 is 0 Å². The number of amides is 1. The zero-order chi connectivity index (χ0) is 18.1. The van der Waals surface area contributed by atoms with Gasteiger partial charge in [0.25, 0.3) is 5.91 Å². The molecule has 26 heavy (non-hydrogen) atoms. The number of ether oxygens (including phenoxy) is 1. The van der Waals surface area contributed by atoms with Crippen molar-refractivity contribution in [1.29, 1.82) is 0 Å². The number of aromatic amines is 1. The Balaban J connectivity index is 1.59. The molecule has 8 heteroatoms. The van der Waals surface area contributed by atoms with E-state index in [0.717, 1.165) is 24.7 Å². The van der Waals surface area contributed by atoms with Gasteiger partial charge in [-0.2, -0.15) is 0 Å². The van der Waals surface area contributed by atoms with Gasteiger partial charge in [-0.25, -0.2) is 13.8 Å². The maximum atomic E-state index is 13.9. The van der Waals surface area contributed by atoms with E-state index in [2.05, 4.69) is 20.6 Å². The highest BCUT2D eigenvalue weighted by molar-refractivity contribution is 5.96. The second-order valence-corrected chi connectivity index (χ2v) is 5.99. The van der Waals surface area contributed by atoms with E-state index in [1.807, 2.05) is 0 Å². The van der Waals surface area contributed by atoms with Crippen LogP contribution in [0.3, 0.4) is 0 Å². The normalized spacial score (nSPS) is 17.4. The average Bonchev–Trinajstić information content (AvgIpc) is 3.07. The topological polar surface area (TPSA) is 79.0 Å². The third kappa shape index (κ3) is 3.29. The van der Waals surface area contributed by atoms with E-state index in [1.165, 1.54) is 0 Å². The molecule has 1 fully saturated rings. The van der Waals surface area contributed by atoms with Crippen molar-refractivity contribution >= 4 is 22.6 Å². The number of halogens is 2. The van der Waals surface area contributed by atoms with Crippen molar-refractivity contribution in [3.05, 3.63) is 48.0 Å². The van der Waals surface area contributed by atoms with Crippen LogP contribution in [0.4, 0.5) is 14.5 Å². The Bertz CT molecular complexity index is 967. The van der Waals surface area contributed by atoms with E-state index in [9.17, 15) is 13.6 Å². The number of aromatic nitrogens is 2. The molecular weight excluding hydrogens is 342 g/mol. The van der Waals surface area contributed by atoms with Crippen LogP contribution in [0.15, 0.2) is 36.4 Å². The first-order chi connectivity index (χ1) is 12.6. The standard InChI is InChI=1S/C18H16F2N4O2/c19-10-1-3-13(20)12(7-10)17-23-14-4-2-11(8-15(14)24-17)22-18(25)16-9-21-5-6-26-16/h1-4,7-8,16,21H,5-6,9H2,(H,22,25)(H,23,24)/t16-/m1/s1. The Labute approximate surface area is 147 Å². The van der Waals surface area contributed by atoms with Gasteiger partial charge in [0.2, 0.25) is 0 Å². The number of carbonyl (C=O) groups is 1. The van der Waals surface area contributed by atoms with Crippen molar-refractivity contribution in [2.75, 3.05) is 25.0 Å². The molecule has 1 aliphatic rings. The maximum absolute atomic E-state index is 13.9. The molecule has 1 saturated heterocycles. The van der Waals surface area contributed by atoms with Gasteiger partial charge in [-0.15, -0.1) is 0 Å². The minimum absolute atomic E-state index is 0.0495. The van der Waals surface area contributed by atoms with Gasteiger partial charge < -0.3 is 20.4 Å². The lowest BCUT2D eigenvalue weighted by molar-refractivity contribution is -0.128. The number of hydrogen-bond acceptors (Lipinski definition) is 4. The monoisotopic (exact) mass is 358 g/mol. The summed E-state index contributed by atoms with van der Waals surface area (Å²) in [6.07, 6.45) is -0.543. The fraction of sp³-hybridized carbons (Fsp3) is 0.222. The van der Waals surface area contributed by atoms with Crippen LogP contribution in [0.25, 0.3) is 22.4 Å². The second-order valence-electron chi connectivity index (χ2n) is 5.99.